The van der Waals surface area contributed by atoms with Crippen LogP contribution in [0.5, 0.6) is 0 Å². The predicted octanol–water partition coefficient (Wildman–Crippen LogP) is 2.60. The Morgan fingerprint density at radius 3 is 2.74 bits per heavy atom. The average molecular weight is 260 g/mol. The fourth-order valence-corrected chi connectivity index (χ4v) is 2.67. The summed E-state index contributed by atoms with van der Waals surface area (Å²) in [5.41, 5.74) is 1.90. The van der Waals surface area contributed by atoms with Crippen molar-refractivity contribution >= 4 is 5.91 Å². The molecular weight excluding hydrogens is 236 g/mol. The number of hydrogen-bond donors (Lipinski definition) is 1. The molecule has 0 bridgehead atoms. The van der Waals surface area contributed by atoms with E-state index in [-0.39, 0.29) is 5.91 Å². The van der Waals surface area contributed by atoms with Crippen molar-refractivity contribution in [3.05, 3.63) is 35.4 Å². The number of piperidine rings is 1. The van der Waals surface area contributed by atoms with Crippen LogP contribution >= 0.6 is 0 Å². The van der Waals surface area contributed by atoms with Crippen LogP contribution in [0.3, 0.4) is 0 Å². The Kier molecular flexibility index (Phi) is 4.97. The van der Waals surface area contributed by atoms with Crippen LogP contribution in [-0.4, -0.2) is 36.5 Å². The molecule has 2 rings (SSSR count). The fourth-order valence-electron chi connectivity index (χ4n) is 2.67. The first-order valence-electron chi connectivity index (χ1n) is 7.29. The van der Waals surface area contributed by atoms with E-state index >= 15 is 0 Å². The van der Waals surface area contributed by atoms with Crippen molar-refractivity contribution in [2.45, 2.75) is 39.2 Å². The van der Waals surface area contributed by atoms with E-state index in [9.17, 15) is 4.79 Å². The van der Waals surface area contributed by atoms with E-state index in [0.29, 0.717) is 6.04 Å². The van der Waals surface area contributed by atoms with Gasteiger partial charge in [-0.3, -0.25) is 4.79 Å². The molecular formula is C16H24N2O. The lowest BCUT2D eigenvalue weighted by Gasteiger charge is -2.32. The maximum Gasteiger partial charge on any atom is 0.251 e. The number of rotatable bonds is 4. The second kappa shape index (κ2) is 6.71. The smallest absolute Gasteiger partial charge is 0.251 e. The van der Waals surface area contributed by atoms with E-state index in [1.54, 1.807) is 0 Å². The Bertz CT molecular complexity index is 423. The maximum absolute atomic E-state index is 12.1. The third-order valence-electron chi connectivity index (χ3n) is 3.74. The van der Waals surface area contributed by atoms with Crippen molar-refractivity contribution in [2.75, 3.05) is 19.6 Å². The Labute approximate surface area is 116 Å². The van der Waals surface area contributed by atoms with E-state index in [0.717, 1.165) is 37.1 Å². The first-order valence-corrected chi connectivity index (χ1v) is 7.29. The molecule has 19 heavy (non-hydrogen) atoms. The van der Waals surface area contributed by atoms with E-state index in [4.69, 9.17) is 0 Å². The lowest BCUT2D eigenvalue weighted by Crippen LogP contribution is -2.44. The number of nitrogens with zero attached hydrogens (tertiary/aromatic N) is 1. The molecule has 1 fully saturated rings. The van der Waals surface area contributed by atoms with E-state index in [1.165, 1.54) is 13.0 Å². The summed E-state index contributed by atoms with van der Waals surface area (Å²) in [6.45, 7) is 7.61. The summed E-state index contributed by atoms with van der Waals surface area (Å²) in [5, 5.41) is 3.16. The minimum atomic E-state index is 0.0673. The molecule has 1 aliphatic rings. The van der Waals surface area contributed by atoms with Gasteiger partial charge in [-0.05, 0) is 44.9 Å². The first kappa shape index (κ1) is 14.1. The molecule has 0 aliphatic carbocycles. The second-order valence-corrected chi connectivity index (χ2v) is 5.46. The number of carbonyl (C=O) groups excluding carboxylic acids is 1. The minimum absolute atomic E-state index is 0.0673. The van der Waals surface area contributed by atoms with Gasteiger partial charge in [0, 0.05) is 24.7 Å². The molecule has 0 saturated carbocycles. The molecule has 1 aromatic carbocycles. The van der Waals surface area contributed by atoms with Crippen LogP contribution in [0, 0.1) is 6.92 Å². The summed E-state index contributed by atoms with van der Waals surface area (Å²) in [6.07, 6.45) is 3.34. The van der Waals surface area contributed by atoms with Crippen LogP contribution in [0.25, 0.3) is 0 Å². The monoisotopic (exact) mass is 260 g/mol. The zero-order valence-electron chi connectivity index (χ0n) is 12.0. The van der Waals surface area contributed by atoms with Gasteiger partial charge in [0.25, 0.3) is 5.91 Å². The summed E-state index contributed by atoms with van der Waals surface area (Å²) in [4.78, 5) is 14.6. The highest BCUT2D eigenvalue weighted by atomic mass is 16.1. The van der Waals surface area contributed by atoms with Gasteiger partial charge in [0.2, 0.25) is 0 Å². The molecule has 104 valence electrons. The second-order valence-electron chi connectivity index (χ2n) is 5.46. The number of benzene rings is 1. The van der Waals surface area contributed by atoms with Crippen LogP contribution in [0.2, 0.25) is 0 Å². The normalized spacial score (nSPS) is 17.4. The predicted molar refractivity (Wildman–Crippen MR) is 78.4 cm³/mol. The van der Waals surface area contributed by atoms with Crippen LogP contribution in [0.4, 0.5) is 0 Å². The number of likely N-dealkylation sites (tertiary alicyclic amines) is 1. The summed E-state index contributed by atoms with van der Waals surface area (Å²) in [6, 6.07) is 8.12. The molecule has 1 saturated heterocycles. The summed E-state index contributed by atoms with van der Waals surface area (Å²) >= 11 is 0. The molecule has 1 aromatic rings. The van der Waals surface area contributed by atoms with Gasteiger partial charge < -0.3 is 10.2 Å². The molecule has 0 spiro atoms. The molecule has 1 aliphatic heterocycles. The van der Waals surface area contributed by atoms with Crippen molar-refractivity contribution in [3.8, 4) is 0 Å². The van der Waals surface area contributed by atoms with Gasteiger partial charge in [0.15, 0.2) is 0 Å². The largest absolute Gasteiger partial charge is 0.349 e. The van der Waals surface area contributed by atoms with E-state index < -0.39 is 0 Å². The first-order chi connectivity index (χ1) is 9.19. The van der Waals surface area contributed by atoms with Crippen LogP contribution in [0.15, 0.2) is 24.3 Å². The fraction of sp³-hybridized carbons (Fsp3) is 0.562. The molecule has 0 unspecified atom stereocenters. The van der Waals surface area contributed by atoms with Gasteiger partial charge in [0.05, 0.1) is 0 Å². The van der Waals surface area contributed by atoms with Crippen molar-refractivity contribution in [1.82, 2.24) is 10.2 Å². The molecule has 1 N–H and O–H groups in total. The maximum atomic E-state index is 12.1. The van der Waals surface area contributed by atoms with Gasteiger partial charge in [-0.15, -0.1) is 0 Å². The number of nitrogens with one attached hydrogen (secondary N) is 1. The molecule has 3 heteroatoms. The van der Waals surface area contributed by atoms with Gasteiger partial charge in [-0.2, -0.15) is 0 Å². The summed E-state index contributed by atoms with van der Waals surface area (Å²) in [5.74, 6) is 0.0673. The summed E-state index contributed by atoms with van der Waals surface area (Å²) < 4.78 is 0. The zero-order chi connectivity index (χ0) is 13.7. The number of amides is 1. The highest BCUT2D eigenvalue weighted by Crippen LogP contribution is 2.12. The zero-order valence-corrected chi connectivity index (χ0v) is 12.0. The molecule has 1 amide bonds. The van der Waals surface area contributed by atoms with Gasteiger partial charge >= 0.3 is 0 Å². The average Bonchev–Trinajstić information content (AvgIpc) is 2.41. The number of hydrogen-bond acceptors (Lipinski definition) is 2. The third-order valence-corrected chi connectivity index (χ3v) is 3.74. The van der Waals surface area contributed by atoms with Crippen molar-refractivity contribution < 1.29 is 4.79 Å². The molecule has 1 heterocycles. The van der Waals surface area contributed by atoms with Crippen LogP contribution in [-0.2, 0) is 0 Å². The number of aryl methyl sites for hydroxylation is 1. The van der Waals surface area contributed by atoms with Gasteiger partial charge in [-0.1, -0.05) is 24.6 Å². The topological polar surface area (TPSA) is 32.3 Å². The highest BCUT2D eigenvalue weighted by Gasteiger charge is 2.20. The molecule has 0 atom stereocenters. The van der Waals surface area contributed by atoms with Gasteiger partial charge in [0.1, 0.15) is 0 Å². The Morgan fingerprint density at radius 2 is 2.11 bits per heavy atom. The van der Waals surface area contributed by atoms with Gasteiger partial charge in [-0.25, -0.2) is 0 Å². The molecule has 0 aromatic heterocycles. The Morgan fingerprint density at radius 1 is 1.37 bits per heavy atom. The molecule has 0 radical (unpaired) electrons. The van der Waals surface area contributed by atoms with Crippen LogP contribution < -0.4 is 5.32 Å². The Balaban J connectivity index is 1.84. The lowest BCUT2D eigenvalue weighted by atomic mass is 10.0. The summed E-state index contributed by atoms with van der Waals surface area (Å²) in [7, 11) is 0. The van der Waals surface area contributed by atoms with Crippen LogP contribution in [0.1, 0.15) is 42.1 Å². The highest BCUT2D eigenvalue weighted by molar-refractivity contribution is 5.94. The lowest BCUT2D eigenvalue weighted by molar-refractivity contribution is 0.0911. The Hall–Kier alpha value is -1.35. The minimum Gasteiger partial charge on any atom is -0.349 e. The van der Waals surface area contributed by atoms with Crippen molar-refractivity contribution in [3.63, 3.8) is 0 Å². The molecule has 3 nitrogen and oxygen atoms in total. The SMILES string of the molecule is CCCN1CCC(NC(=O)c2cccc(C)c2)CC1. The van der Waals surface area contributed by atoms with E-state index in [2.05, 4.69) is 17.1 Å². The number of carbonyl (C=O) groups is 1. The van der Waals surface area contributed by atoms with Crippen molar-refractivity contribution in [2.24, 2.45) is 0 Å². The van der Waals surface area contributed by atoms with E-state index in [1.807, 2.05) is 31.2 Å². The standard InChI is InChI=1S/C16H24N2O/c1-3-9-18-10-7-15(8-11-18)17-16(19)14-6-4-5-13(2)12-14/h4-6,12,15H,3,7-11H2,1-2H3,(H,17,19). The van der Waals surface area contributed by atoms with Crippen molar-refractivity contribution in [1.29, 1.82) is 0 Å². The quantitative estimate of drug-likeness (QED) is 0.902. The third kappa shape index (κ3) is 4.06.